The Bertz CT molecular complexity index is 867. The quantitative estimate of drug-likeness (QED) is 0.866. The molecule has 120 valence electrons. The number of aliphatic hydroxyl groups is 1. The van der Waals surface area contributed by atoms with Crippen molar-refractivity contribution in [3.8, 4) is 0 Å². The summed E-state index contributed by atoms with van der Waals surface area (Å²) in [6.45, 7) is 2.22. The highest BCUT2D eigenvalue weighted by atomic mass is 16.3. The Morgan fingerprint density at radius 1 is 1.04 bits per heavy atom. The van der Waals surface area contributed by atoms with Crippen LogP contribution in [0.3, 0.4) is 0 Å². The van der Waals surface area contributed by atoms with Gasteiger partial charge in [-0.3, -0.25) is 4.79 Å². The molecule has 0 aromatic heterocycles. The zero-order chi connectivity index (χ0) is 16.5. The molecule has 0 heterocycles. The van der Waals surface area contributed by atoms with Crippen LogP contribution in [0.2, 0.25) is 0 Å². The first-order valence-corrected chi connectivity index (χ1v) is 8.74. The van der Waals surface area contributed by atoms with Crippen molar-refractivity contribution in [2.24, 2.45) is 17.8 Å². The molecule has 2 nitrogen and oxygen atoms in total. The van der Waals surface area contributed by atoms with Gasteiger partial charge >= 0.3 is 0 Å². The zero-order valence-electron chi connectivity index (χ0n) is 13.6. The lowest BCUT2D eigenvalue weighted by atomic mass is 9.66. The smallest absolute Gasteiger partial charge is 0.169 e. The Labute approximate surface area is 141 Å². The minimum absolute atomic E-state index is 0.0108. The minimum Gasteiger partial charge on any atom is -0.377 e. The largest absolute Gasteiger partial charge is 0.377 e. The van der Waals surface area contributed by atoms with Crippen LogP contribution in [0.25, 0.3) is 5.57 Å². The second kappa shape index (κ2) is 4.67. The van der Waals surface area contributed by atoms with Gasteiger partial charge in [0.25, 0.3) is 0 Å². The van der Waals surface area contributed by atoms with Gasteiger partial charge in [0.2, 0.25) is 0 Å². The first-order valence-electron chi connectivity index (χ1n) is 8.74. The summed E-state index contributed by atoms with van der Waals surface area (Å²) in [5.41, 5.74) is 3.14. The molecule has 2 heteroatoms. The molecule has 2 aromatic carbocycles. The van der Waals surface area contributed by atoms with Crippen LogP contribution in [0.4, 0.5) is 0 Å². The second-order valence-corrected chi connectivity index (χ2v) is 7.49. The molecule has 1 saturated carbocycles. The summed E-state index contributed by atoms with van der Waals surface area (Å²) in [7, 11) is 0. The lowest BCUT2D eigenvalue weighted by Crippen LogP contribution is -2.38. The molecule has 0 aliphatic heterocycles. The number of benzene rings is 2. The van der Waals surface area contributed by atoms with E-state index in [9.17, 15) is 9.90 Å². The van der Waals surface area contributed by atoms with E-state index >= 15 is 0 Å². The summed E-state index contributed by atoms with van der Waals surface area (Å²) < 4.78 is 0. The van der Waals surface area contributed by atoms with Crippen molar-refractivity contribution in [1.82, 2.24) is 0 Å². The van der Waals surface area contributed by atoms with Crippen molar-refractivity contribution in [2.75, 3.05) is 0 Å². The van der Waals surface area contributed by atoms with Crippen molar-refractivity contribution < 1.29 is 9.90 Å². The van der Waals surface area contributed by atoms with Crippen molar-refractivity contribution in [1.29, 1.82) is 0 Å². The van der Waals surface area contributed by atoms with E-state index in [2.05, 4.69) is 31.2 Å². The monoisotopic (exact) mass is 316 g/mol. The summed E-state index contributed by atoms with van der Waals surface area (Å²) in [6.07, 6.45) is 2.78. The third kappa shape index (κ3) is 1.57. The highest BCUT2D eigenvalue weighted by Gasteiger charge is 2.65. The molecular formula is C22H20O2. The third-order valence-electron chi connectivity index (χ3n) is 6.38. The van der Waals surface area contributed by atoms with E-state index in [0.29, 0.717) is 12.3 Å². The highest BCUT2D eigenvalue weighted by molar-refractivity contribution is 5.96. The topological polar surface area (TPSA) is 37.3 Å². The van der Waals surface area contributed by atoms with Gasteiger partial charge in [0.05, 0.1) is 0 Å². The number of hydrogen-bond acceptors (Lipinski definition) is 2. The normalized spacial score (nSPS) is 36.2. The van der Waals surface area contributed by atoms with Gasteiger partial charge in [-0.15, -0.1) is 0 Å². The van der Waals surface area contributed by atoms with Crippen molar-refractivity contribution in [3.05, 3.63) is 77.4 Å². The van der Waals surface area contributed by atoms with E-state index in [1.54, 1.807) is 0 Å². The van der Waals surface area contributed by atoms with E-state index in [0.717, 1.165) is 5.56 Å². The lowest BCUT2D eigenvalue weighted by Gasteiger charge is -2.37. The summed E-state index contributed by atoms with van der Waals surface area (Å²) in [4.78, 5) is 12.9. The maximum atomic E-state index is 12.9. The Balaban J connectivity index is 1.73. The van der Waals surface area contributed by atoms with Gasteiger partial charge in [0.1, 0.15) is 0 Å². The fraction of sp³-hybridized carbons (Fsp3) is 0.318. The van der Waals surface area contributed by atoms with Crippen LogP contribution >= 0.6 is 0 Å². The molecule has 2 aromatic rings. The molecule has 3 aliphatic rings. The number of carbonyl (C=O) groups excluding carboxylic acids is 1. The molecule has 0 unspecified atom stereocenters. The van der Waals surface area contributed by atoms with E-state index in [-0.39, 0.29) is 23.5 Å². The first-order chi connectivity index (χ1) is 11.6. The lowest BCUT2D eigenvalue weighted by molar-refractivity contribution is -0.137. The summed E-state index contributed by atoms with van der Waals surface area (Å²) in [6, 6.07) is 18.3. The van der Waals surface area contributed by atoms with Gasteiger partial charge in [0, 0.05) is 12.3 Å². The third-order valence-corrected chi connectivity index (χ3v) is 6.38. The van der Waals surface area contributed by atoms with Gasteiger partial charge in [0.15, 0.2) is 11.4 Å². The SMILES string of the molecule is C[C@@H]1C=C(c2ccccc2)[C@@H]2CC(=O)[C@]3(O)c4ccccc4[C@H]1[C@H]23. The Hall–Kier alpha value is -2.19. The van der Waals surface area contributed by atoms with E-state index in [4.69, 9.17) is 0 Å². The van der Waals surface area contributed by atoms with E-state index in [1.165, 1.54) is 16.7 Å². The molecule has 5 atom stereocenters. The minimum atomic E-state index is -1.30. The van der Waals surface area contributed by atoms with Gasteiger partial charge in [-0.1, -0.05) is 67.6 Å². The molecule has 0 bridgehead atoms. The van der Waals surface area contributed by atoms with Gasteiger partial charge in [-0.25, -0.2) is 0 Å². The maximum Gasteiger partial charge on any atom is 0.169 e. The summed E-state index contributed by atoms with van der Waals surface area (Å²) in [5.74, 6) is 0.608. The van der Waals surface area contributed by atoms with E-state index in [1.807, 2.05) is 36.4 Å². The predicted molar refractivity (Wildman–Crippen MR) is 93.3 cm³/mol. The average molecular weight is 316 g/mol. The fourth-order valence-corrected chi connectivity index (χ4v) is 5.49. The zero-order valence-corrected chi connectivity index (χ0v) is 13.6. The van der Waals surface area contributed by atoms with Crippen molar-refractivity contribution in [3.63, 3.8) is 0 Å². The number of hydrogen-bond donors (Lipinski definition) is 1. The van der Waals surface area contributed by atoms with Crippen LogP contribution in [0.5, 0.6) is 0 Å². The summed E-state index contributed by atoms with van der Waals surface area (Å²) in [5, 5.41) is 11.5. The van der Waals surface area contributed by atoms with Crippen LogP contribution in [-0.4, -0.2) is 10.9 Å². The molecule has 3 aliphatic carbocycles. The van der Waals surface area contributed by atoms with E-state index < -0.39 is 5.60 Å². The van der Waals surface area contributed by atoms with Crippen LogP contribution in [0.15, 0.2) is 60.7 Å². The van der Waals surface area contributed by atoms with Crippen LogP contribution in [0.1, 0.15) is 36.0 Å². The Morgan fingerprint density at radius 2 is 1.75 bits per heavy atom. The van der Waals surface area contributed by atoms with Crippen molar-refractivity contribution in [2.45, 2.75) is 24.9 Å². The molecule has 5 rings (SSSR count). The maximum absolute atomic E-state index is 12.9. The molecule has 0 saturated heterocycles. The number of rotatable bonds is 1. The molecule has 0 radical (unpaired) electrons. The standard InChI is InChI=1S/C22H20O2/c1-13-11-16(14-7-3-2-4-8-14)17-12-19(23)22(24)18-10-6-5-9-15(18)20(13)21(17)22/h2-11,13,17,20-21,24H,12H2,1H3/t13-,17+,20+,21+,22-/m1/s1. The number of fused-ring (bicyclic) bond motifs is 3. The average Bonchev–Trinajstić information content (AvgIpc) is 3.04. The Morgan fingerprint density at radius 3 is 2.54 bits per heavy atom. The van der Waals surface area contributed by atoms with Gasteiger partial charge < -0.3 is 5.11 Å². The second-order valence-electron chi connectivity index (χ2n) is 7.49. The number of ketones is 1. The molecule has 0 spiro atoms. The molecule has 1 fully saturated rings. The molecule has 24 heavy (non-hydrogen) atoms. The Kier molecular flexibility index (Phi) is 2.76. The van der Waals surface area contributed by atoms with Crippen LogP contribution in [0, 0.1) is 17.8 Å². The van der Waals surface area contributed by atoms with Gasteiger partial charge in [-0.05, 0) is 40.0 Å². The predicted octanol–water partition coefficient (Wildman–Crippen LogP) is 3.91. The number of carbonyl (C=O) groups is 1. The molecular weight excluding hydrogens is 296 g/mol. The van der Waals surface area contributed by atoms with Gasteiger partial charge in [-0.2, -0.15) is 0 Å². The van der Waals surface area contributed by atoms with Crippen LogP contribution < -0.4 is 0 Å². The highest BCUT2D eigenvalue weighted by Crippen LogP contribution is 2.65. The molecule has 0 amide bonds. The van der Waals surface area contributed by atoms with Crippen LogP contribution in [-0.2, 0) is 10.4 Å². The molecule has 1 N–H and O–H groups in total. The number of Topliss-reactive ketones (excluding diaryl/α,β-unsaturated/α-hetero) is 1. The summed E-state index contributed by atoms with van der Waals surface area (Å²) >= 11 is 0. The fourth-order valence-electron chi connectivity index (χ4n) is 5.49. The first kappa shape index (κ1) is 14.2. The van der Waals surface area contributed by atoms with Crippen molar-refractivity contribution >= 4 is 11.4 Å². The number of allylic oxidation sites excluding steroid dienone is 2.